The number of fused-ring (bicyclic) bond motifs is 1. The van der Waals surface area contributed by atoms with Crippen molar-refractivity contribution in [2.75, 3.05) is 5.32 Å². The highest BCUT2D eigenvalue weighted by molar-refractivity contribution is 5.90. The third-order valence-corrected chi connectivity index (χ3v) is 2.44. The molecule has 5 nitrogen and oxygen atoms in total. The number of carbonyl (C=O) groups is 1. The van der Waals surface area contributed by atoms with E-state index in [0.717, 1.165) is 10.9 Å². The molecule has 0 amide bonds. The SMILES string of the molecule is Cc1nc(NC(C)C(=O)O)c2ccccc2n1. The summed E-state index contributed by atoms with van der Waals surface area (Å²) in [5.74, 6) is 0.261. The van der Waals surface area contributed by atoms with Gasteiger partial charge in [0.2, 0.25) is 0 Å². The van der Waals surface area contributed by atoms with Crippen molar-refractivity contribution in [2.45, 2.75) is 19.9 Å². The van der Waals surface area contributed by atoms with Crippen LogP contribution in [0.5, 0.6) is 0 Å². The second-order valence-corrected chi connectivity index (χ2v) is 3.84. The van der Waals surface area contributed by atoms with E-state index in [1.54, 1.807) is 13.8 Å². The van der Waals surface area contributed by atoms with Gasteiger partial charge in [-0.25, -0.2) is 9.97 Å². The minimum absolute atomic E-state index is 0.558. The molecule has 0 fully saturated rings. The first-order valence-electron chi connectivity index (χ1n) is 5.30. The molecule has 0 spiro atoms. The zero-order chi connectivity index (χ0) is 12.4. The molecule has 2 N–H and O–H groups in total. The average Bonchev–Trinajstić information content (AvgIpc) is 2.28. The van der Waals surface area contributed by atoms with Gasteiger partial charge in [-0.2, -0.15) is 0 Å². The van der Waals surface area contributed by atoms with E-state index in [4.69, 9.17) is 5.11 Å². The molecule has 0 bridgehead atoms. The number of nitrogens with zero attached hydrogens (tertiary/aromatic N) is 2. The maximum absolute atomic E-state index is 10.8. The summed E-state index contributed by atoms with van der Waals surface area (Å²) in [4.78, 5) is 19.3. The van der Waals surface area contributed by atoms with Crippen LogP contribution < -0.4 is 5.32 Å². The number of aryl methyl sites for hydroxylation is 1. The monoisotopic (exact) mass is 231 g/mol. The number of benzene rings is 1. The Morgan fingerprint density at radius 1 is 1.35 bits per heavy atom. The number of carboxylic acid groups (broad SMARTS) is 1. The molecular weight excluding hydrogens is 218 g/mol. The standard InChI is InChI=1S/C12H13N3O2/c1-7(12(16)17)13-11-9-5-3-4-6-10(9)14-8(2)15-11/h3-7H,1-2H3,(H,16,17)(H,13,14,15). The van der Waals surface area contributed by atoms with Crippen LogP contribution in [0.3, 0.4) is 0 Å². The van der Waals surface area contributed by atoms with Crippen LogP contribution in [0.15, 0.2) is 24.3 Å². The van der Waals surface area contributed by atoms with Crippen LogP contribution in [0, 0.1) is 6.92 Å². The molecule has 2 rings (SSSR count). The lowest BCUT2D eigenvalue weighted by atomic mass is 10.2. The molecule has 0 aliphatic heterocycles. The maximum atomic E-state index is 10.8. The summed E-state index contributed by atoms with van der Waals surface area (Å²) in [5.41, 5.74) is 0.806. The van der Waals surface area contributed by atoms with Gasteiger partial charge in [-0.15, -0.1) is 0 Å². The molecule has 0 aliphatic rings. The zero-order valence-corrected chi connectivity index (χ0v) is 9.64. The fraction of sp³-hybridized carbons (Fsp3) is 0.250. The van der Waals surface area contributed by atoms with Gasteiger partial charge in [0.15, 0.2) is 0 Å². The van der Waals surface area contributed by atoms with Gasteiger partial charge in [0.05, 0.1) is 5.52 Å². The van der Waals surface area contributed by atoms with Crippen molar-refractivity contribution in [1.29, 1.82) is 0 Å². The lowest BCUT2D eigenvalue weighted by Gasteiger charge is -2.12. The number of nitrogens with one attached hydrogen (secondary N) is 1. The third-order valence-electron chi connectivity index (χ3n) is 2.44. The van der Waals surface area contributed by atoms with Crippen LogP contribution in [0.2, 0.25) is 0 Å². The van der Waals surface area contributed by atoms with Crippen molar-refractivity contribution in [2.24, 2.45) is 0 Å². The number of hydrogen-bond acceptors (Lipinski definition) is 4. The number of para-hydroxylation sites is 1. The Hall–Kier alpha value is -2.17. The van der Waals surface area contributed by atoms with Crippen LogP contribution in [-0.4, -0.2) is 27.1 Å². The molecule has 17 heavy (non-hydrogen) atoms. The van der Waals surface area contributed by atoms with E-state index in [2.05, 4.69) is 15.3 Å². The van der Waals surface area contributed by atoms with E-state index in [0.29, 0.717) is 11.6 Å². The highest BCUT2D eigenvalue weighted by Crippen LogP contribution is 2.20. The second-order valence-electron chi connectivity index (χ2n) is 3.84. The quantitative estimate of drug-likeness (QED) is 0.842. The summed E-state index contributed by atoms with van der Waals surface area (Å²) in [6.07, 6.45) is 0. The highest BCUT2D eigenvalue weighted by Gasteiger charge is 2.13. The molecule has 88 valence electrons. The van der Waals surface area contributed by atoms with E-state index < -0.39 is 12.0 Å². The Balaban J connectivity index is 2.49. The van der Waals surface area contributed by atoms with Crippen LogP contribution in [0.1, 0.15) is 12.7 Å². The van der Waals surface area contributed by atoms with Gasteiger partial charge in [-0.1, -0.05) is 12.1 Å². The highest BCUT2D eigenvalue weighted by atomic mass is 16.4. The largest absolute Gasteiger partial charge is 0.480 e. The second kappa shape index (κ2) is 4.37. The maximum Gasteiger partial charge on any atom is 0.325 e. The Morgan fingerprint density at radius 2 is 2.06 bits per heavy atom. The molecule has 1 aromatic heterocycles. The summed E-state index contributed by atoms with van der Waals surface area (Å²) < 4.78 is 0. The van der Waals surface area contributed by atoms with E-state index in [9.17, 15) is 4.79 Å². The van der Waals surface area contributed by atoms with E-state index >= 15 is 0 Å². The molecule has 0 aliphatic carbocycles. The molecule has 2 aromatic rings. The van der Waals surface area contributed by atoms with Crippen molar-refractivity contribution in [3.63, 3.8) is 0 Å². The van der Waals surface area contributed by atoms with Crippen molar-refractivity contribution < 1.29 is 9.90 Å². The molecule has 0 saturated carbocycles. The fourth-order valence-corrected chi connectivity index (χ4v) is 1.57. The van der Waals surface area contributed by atoms with Gasteiger partial charge in [-0.05, 0) is 26.0 Å². The molecule has 0 saturated heterocycles. The molecule has 0 radical (unpaired) electrons. The van der Waals surface area contributed by atoms with Crippen LogP contribution in [0.4, 0.5) is 5.82 Å². The Labute approximate surface area is 98.5 Å². The lowest BCUT2D eigenvalue weighted by Crippen LogP contribution is -2.26. The van der Waals surface area contributed by atoms with Crippen LogP contribution in [-0.2, 0) is 4.79 Å². The first-order chi connectivity index (χ1) is 8.08. The first-order valence-corrected chi connectivity index (χ1v) is 5.30. The zero-order valence-electron chi connectivity index (χ0n) is 9.64. The summed E-state index contributed by atoms with van der Waals surface area (Å²) in [6.45, 7) is 3.36. The molecule has 1 heterocycles. The number of hydrogen-bond donors (Lipinski definition) is 2. The van der Waals surface area contributed by atoms with Gasteiger partial charge in [0.25, 0.3) is 0 Å². The summed E-state index contributed by atoms with van der Waals surface area (Å²) in [7, 11) is 0. The first kappa shape index (κ1) is 11.3. The van der Waals surface area contributed by atoms with Crippen molar-refractivity contribution >= 4 is 22.7 Å². The average molecular weight is 231 g/mol. The molecular formula is C12H13N3O2. The summed E-state index contributed by atoms with van der Waals surface area (Å²) in [5, 5.41) is 12.6. The van der Waals surface area contributed by atoms with Gasteiger partial charge in [0, 0.05) is 5.39 Å². The van der Waals surface area contributed by atoms with Gasteiger partial charge in [0.1, 0.15) is 17.7 Å². The number of carboxylic acids is 1. The summed E-state index contributed by atoms with van der Waals surface area (Å²) in [6, 6.07) is 6.82. The number of anilines is 1. The molecule has 5 heteroatoms. The van der Waals surface area contributed by atoms with Gasteiger partial charge >= 0.3 is 5.97 Å². The van der Waals surface area contributed by atoms with Crippen molar-refractivity contribution in [3.8, 4) is 0 Å². The normalized spacial score (nSPS) is 12.4. The summed E-state index contributed by atoms with van der Waals surface area (Å²) >= 11 is 0. The van der Waals surface area contributed by atoms with E-state index in [-0.39, 0.29) is 0 Å². The minimum atomic E-state index is -0.912. The van der Waals surface area contributed by atoms with E-state index in [1.807, 2.05) is 24.3 Å². The number of rotatable bonds is 3. The van der Waals surface area contributed by atoms with Gasteiger partial charge in [-0.3, -0.25) is 4.79 Å². The van der Waals surface area contributed by atoms with Crippen molar-refractivity contribution in [1.82, 2.24) is 9.97 Å². The smallest absolute Gasteiger partial charge is 0.325 e. The topological polar surface area (TPSA) is 75.1 Å². The molecule has 1 aromatic carbocycles. The van der Waals surface area contributed by atoms with Crippen LogP contribution in [0.25, 0.3) is 10.9 Å². The predicted octanol–water partition coefficient (Wildman–Crippen LogP) is 1.82. The predicted molar refractivity (Wildman–Crippen MR) is 65.0 cm³/mol. The van der Waals surface area contributed by atoms with Crippen molar-refractivity contribution in [3.05, 3.63) is 30.1 Å². The minimum Gasteiger partial charge on any atom is -0.480 e. The van der Waals surface area contributed by atoms with Crippen LogP contribution >= 0.6 is 0 Å². The third kappa shape index (κ3) is 2.33. The van der Waals surface area contributed by atoms with E-state index in [1.165, 1.54) is 0 Å². The number of aromatic nitrogens is 2. The lowest BCUT2D eigenvalue weighted by molar-refractivity contribution is -0.137. The number of aliphatic carboxylic acids is 1. The Morgan fingerprint density at radius 3 is 2.76 bits per heavy atom. The van der Waals surface area contributed by atoms with Gasteiger partial charge < -0.3 is 10.4 Å². The molecule has 1 unspecified atom stereocenters. The Bertz CT molecular complexity index is 569. The Kier molecular flexibility index (Phi) is 2.91. The fourth-order valence-electron chi connectivity index (χ4n) is 1.57. The molecule has 1 atom stereocenters.